The number of hydrogen-bond donors (Lipinski definition) is 1. The summed E-state index contributed by atoms with van der Waals surface area (Å²) in [6.45, 7) is -0.711. The van der Waals surface area contributed by atoms with Crippen molar-refractivity contribution in [1.29, 1.82) is 0 Å². The molecule has 1 saturated carbocycles. The van der Waals surface area contributed by atoms with Crippen molar-refractivity contribution < 1.29 is 13.2 Å². The molecule has 0 atom stereocenters. The molecule has 1 fully saturated rings. The van der Waals surface area contributed by atoms with Crippen molar-refractivity contribution in [3.8, 4) is 0 Å². The van der Waals surface area contributed by atoms with Crippen LogP contribution >= 0.6 is 0 Å². The second-order valence-corrected chi connectivity index (χ2v) is 4.17. The van der Waals surface area contributed by atoms with E-state index in [4.69, 9.17) is 5.73 Å². The third kappa shape index (κ3) is 3.33. The number of nitrogens with zero attached hydrogens (tertiary/aromatic N) is 2. The molecule has 1 aromatic rings. The highest BCUT2D eigenvalue weighted by Crippen LogP contribution is 2.33. The molecule has 1 aliphatic carbocycles. The predicted octanol–water partition coefficient (Wildman–Crippen LogP) is 2.07. The lowest BCUT2D eigenvalue weighted by Crippen LogP contribution is -2.36. The highest BCUT2D eigenvalue weighted by atomic mass is 19.4. The topological polar surface area (TPSA) is 42.1 Å². The summed E-state index contributed by atoms with van der Waals surface area (Å²) in [4.78, 5) is 5.46. The lowest BCUT2D eigenvalue weighted by molar-refractivity contribution is -0.120. The van der Waals surface area contributed by atoms with E-state index in [-0.39, 0.29) is 12.6 Å². The summed E-state index contributed by atoms with van der Waals surface area (Å²) in [5, 5.41) is 0. The van der Waals surface area contributed by atoms with Gasteiger partial charge in [-0.3, -0.25) is 0 Å². The van der Waals surface area contributed by atoms with Gasteiger partial charge >= 0.3 is 6.18 Å². The second-order valence-electron chi connectivity index (χ2n) is 4.17. The van der Waals surface area contributed by atoms with E-state index in [1.165, 1.54) is 4.90 Å². The zero-order valence-electron chi connectivity index (χ0n) is 9.24. The first kappa shape index (κ1) is 12.2. The molecular formula is C11H14F3N3. The monoisotopic (exact) mass is 245 g/mol. The van der Waals surface area contributed by atoms with E-state index in [0.717, 1.165) is 12.8 Å². The van der Waals surface area contributed by atoms with Gasteiger partial charge in [-0.25, -0.2) is 4.98 Å². The molecule has 2 rings (SSSR count). The Morgan fingerprint density at radius 2 is 2.06 bits per heavy atom. The Bertz CT molecular complexity index is 388. The van der Waals surface area contributed by atoms with Crippen LogP contribution in [-0.4, -0.2) is 23.7 Å². The predicted molar refractivity (Wildman–Crippen MR) is 58.6 cm³/mol. The molecule has 3 nitrogen and oxygen atoms in total. The van der Waals surface area contributed by atoms with E-state index in [0.29, 0.717) is 11.5 Å². The largest absolute Gasteiger partial charge is 0.405 e. The fraction of sp³-hybridized carbons (Fsp3) is 0.545. The molecule has 0 amide bonds. The normalized spacial score (nSPS) is 16.0. The van der Waals surface area contributed by atoms with Gasteiger partial charge in [0.15, 0.2) is 0 Å². The molecule has 1 aromatic heterocycles. The molecular weight excluding hydrogens is 231 g/mol. The summed E-state index contributed by atoms with van der Waals surface area (Å²) in [5.41, 5.74) is 6.04. The number of hydrogen-bond acceptors (Lipinski definition) is 3. The van der Waals surface area contributed by atoms with Gasteiger partial charge in [0.2, 0.25) is 0 Å². The lowest BCUT2D eigenvalue weighted by Gasteiger charge is -2.25. The molecule has 0 spiro atoms. The van der Waals surface area contributed by atoms with Gasteiger partial charge in [0.05, 0.1) is 5.69 Å². The van der Waals surface area contributed by atoms with Gasteiger partial charge in [-0.05, 0) is 25.0 Å². The number of rotatable bonds is 4. The number of anilines is 1. The van der Waals surface area contributed by atoms with Crippen molar-refractivity contribution in [2.24, 2.45) is 5.73 Å². The average Bonchev–Trinajstić information content (AvgIpc) is 3.09. The molecule has 2 N–H and O–H groups in total. The van der Waals surface area contributed by atoms with Crippen LogP contribution < -0.4 is 10.6 Å². The van der Waals surface area contributed by atoms with Gasteiger partial charge in [-0.2, -0.15) is 13.2 Å². The van der Waals surface area contributed by atoms with Crippen molar-refractivity contribution in [2.45, 2.75) is 31.6 Å². The summed E-state index contributed by atoms with van der Waals surface area (Å²) in [6, 6.07) is 4.97. The molecule has 17 heavy (non-hydrogen) atoms. The quantitative estimate of drug-likeness (QED) is 0.883. The van der Waals surface area contributed by atoms with E-state index in [2.05, 4.69) is 4.98 Å². The number of aromatic nitrogens is 1. The van der Waals surface area contributed by atoms with Crippen molar-refractivity contribution in [1.82, 2.24) is 4.98 Å². The number of halogens is 3. The first-order valence-corrected chi connectivity index (χ1v) is 5.49. The maximum absolute atomic E-state index is 12.5. The Labute approximate surface area is 97.4 Å². The van der Waals surface area contributed by atoms with Gasteiger partial charge in [0.1, 0.15) is 12.4 Å². The smallest absolute Gasteiger partial charge is 0.345 e. The van der Waals surface area contributed by atoms with Crippen molar-refractivity contribution in [3.05, 3.63) is 23.9 Å². The maximum atomic E-state index is 12.5. The van der Waals surface area contributed by atoms with Crippen molar-refractivity contribution in [3.63, 3.8) is 0 Å². The van der Waals surface area contributed by atoms with Gasteiger partial charge in [0, 0.05) is 12.6 Å². The standard InChI is InChI=1S/C11H14F3N3/c12-11(13,14)7-17(9-4-5-9)10-3-1-2-8(6-15)16-10/h1-3,9H,4-7,15H2. The molecule has 1 heterocycles. The van der Waals surface area contributed by atoms with Crippen LogP contribution in [0.2, 0.25) is 0 Å². The minimum atomic E-state index is -4.21. The third-order valence-corrected chi connectivity index (χ3v) is 2.63. The fourth-order valence-corrected chi connectivity index (χ4v) is 1.72. The summed E-state index contributed by atoms with van der Waals surface area (Å²) in [7, 11) is 0. The molecule has 6 heteroatoms. The maximum Gasteiger partial charge on any atom is 0.405 e. The summed E-state index contributed by atoms with van der Waals surface area (Å²) < 4.78 is 37.4. The van der Waals surface area contributed by atoms with Crippen LogP contribution in [0.4, 0.5) is 19.0 Å². The van der Waals surface area contributed by atoms with Gasteiger partial charge in [0.25, 0.3) is 0 Å². The van der Waals surface area contributed by atoms with Crippen LogP contribution in [-0.2, 0) is 6.54 Å². The minimum absolute atomic E-state index is 0.0304. The lowest BCUT2D eigenvalue weighted by atomic mass is 10.3. The Hall–Kier alpha value is -1.30. The number of pyridine rings is 1. The van der Waals surface area contributed by atoms with Crippen molar-refractivity contribution >= 4 is 5.82 Å². The molecule has 94 valence electrons. The minimum Gasteiger partial charge on any atom is -0.345 e. The van der Waals surface area contributed by atoms with E-state index in [1.807, 2.05) is 0 Å². The van der Waals surface area contributed by atoms with E-state index in [1.54, 1.807) is 18.2 Å². The van der Waals surface area contributed by atoms with Crippen LogP contribution in [0, 0.1) is 0 Å². The summed E-state index contributed by atoms with van der Waals surface area (Å²) in [6.07, 6.45) is -2.61. The SMILES string of the molecule is NCc1cccc(N(CC(F)(F)F)C2CC2)n1. The van der Waals surface area contributed by atoms with Crippen LogP contribution in [0.25, 0.3) is 0 Å². The number of nitrogens with two attached hydrogens (primary N) is 1. The Morgan fingerprint density at radius 3 is 2.59 bits per heavy atom. The summed E-state index contributed by atoms with van der Waals surface area (Å²) in [5.74, 6) is 0.368. The third-order valence-electron chi connectivity index (χ3n) is 2.63. The Kier molecular flexibility index (Phi) is 3.24. The van der Waals surface area contributed by atoms with Gasteiger partial charge in [-0.15, -0.1) is 0 Å². The highest BCUT2D eigenvalue weighted by molar-refractivity contribution is 5.42. The molecule has 0 aliphatic heterocycles. The molecule has 0 unspecified atom stereocenters. The number of alkyl halides is 3. The second kappa shape index (κ2) is 4.52. The van der Waals surface area contributed by atoms with Crippen LogP contribution in [0.15, 0.2) is 18.2 Å². The average molecular weight is 245 g/mol. The van der Waals surface area contributed by atoms with E-state index >= 15 is 0 Å². The molecule has 1 aliphatic rings. The van der Waals surface area contributed by atoms with Crippen molar-refractivity contribution in [2.75, 3.05) is 11.4 Å². The van der Waals surface area contributed by atoms with Gasteiger partial charge in [-0.1, -0.05) is 6.07 Å². The zero-order chi connectivity index (χ0) is 12.5. The van der Waals surface area contributed by atoms with E-state index in [9.17, 15) is 13.2 Å². The zero-order valence-corrected chi connectivity index (χ0v) is 9.24. The van der Waals surface area contributed by atoms with E-state index < -0.39 is 12.7 Å². The van der Waals surface area contributed by atoms with Crippen LogP contribution in [0.3, 0.4) is 0 Å². The molecule has 0 aromatic carbocycles. The van der Waals surface area contributed by atoms with Crippen LogP contribution in [0.1, 0.15) is 18.5 Å². The molecule has 0 radical (unpaired) electrons. The Balaban J connectivity index is 2.19. The first-order valence-electron chi connectivity index (χ1n) is 5.49. The fourth-order valence-electron chi connectivity index (χ4n) is 1.72. The Morgan fingerprint density at radius 1 is 1.35 bits per heavy atom. The van der Waals surface area contributed by atoms with Gasteiger partial charge < -0.3 is 10.6 Å². The summed E-state index contributed by atoms with van der Waals surface area (Å²) >= 11 is 0. The molecule has 0 saturated heterocycles. The highest BCUT2D eigenvalue weighted by Gasteiger charge is 2.38. The first-order chi connectivity index (χ1) is 7.99. The molecule has 0 bridgehead atoms. The van der Waals surface area contributed by atoms with Crippen LogP contribution in [0.5, 0.6) is 0 Å².